The molecule has 2 nitrogen and oxygen atoms in total. The van der Waals surface area contributed by atoms with Gasteiger partial charge in [-0.1, -0.05) is 6.92 Å². The molecule has 1 heterocycles. The molecule has 1 fully saturated rings. The van der Waals surface area contributed by atoms with E-state index in [2.05, 4.69) is 5.32 Å². The van der Waals surface area contributed by atoms with Crippen LogP contribution in [0.2, 0.25) is 0 Å². The van der Waals surface area contributed by atoms with Crippen LogP contribution in [0.1, 0.15) is 27.2 Å². The Morgan fingerprint density at radius 2 is 2.00 bits per heavy atom. The molecule has 1 rings (SSSR count). The minimum absolute atomic E-state index is 0.104. The summed E-state index contributed by atoms with van der Waals surface area (Å²) in [5.41, 5.74) is -0.316. The van der Waals surface area contributed by atoms with Gasteiger partial charge in [0.05, 0.1) is 6.54 Å². The number of hydrogen-bond donors (Lipinski definition) is 1. The predicted molar refractivity (Wildman–Crippen MR) is 58.7 cm³/mol. The predicted octanol–water partition coefficient (Wildman–Crippen LogP) is 2.35. The third-order valence-electron chi connectivity index (χ3n) is 3.14. The van der Waals surface area contributed by atoms with Gasteiger partial charge in [-0.05, 0) is 20.3 Å². The quantitative estimate of drug-likeness (QED) is 0.777. The monoisotopic (exact) mass is 256 g/mol. The summed E-state index contributed by atoms with van der Waals surface area (Å²) in [5, 5.41) is 3.23. The highest BCUT2D eigenvalue weighted by Crippen LogP contribution is 2.27. The third-order valence-corrected chi connectivity index (χ3v) is 3.14. The topological polar surface area (TPSA) is 15.3 Å². The van der Waals surface area contributed by atoms with E-state index in [-0.39, 0.29) is 11.6 Å². The molecule has 1 N–H and O–H groups in total. The van der Waals surface area contributed by atoms with Gasteiger partial charge in [0.2, 0.25) is 0 Å². The van der Waals surface area contributed by atoms with Gasteiger partial charge in [-0.3, -0.25) is 4.90 Å². The summed E-state index contributed by atoms with van der Waals surface area (Å²) in [7, 11) is 0. The van der Waals surface area contributed by atoms with Crippen molar-refractivity contribution in [1.82, 2.24) is 10.2 Å². The van der Waals surface area contributed by atoms with E-state index in [0.717, 1.165) is 0 Å². The number of halogens is 4. The highest BCUT2D eigenvalue weighted by Gasteiger charge is 2.45. The van der Waals surface area contributed by atoms with Crippen molar-refractivity contribution < 1.29 is 17.6 Å². The second-order valence-electron chi connectivity index (χ2n) is 5.29. The van der Waals surface area contributed by atoms with Gasteiger partial charge in [-0.15, -0.1) is 0 Å². The molecule has 1 aliphatic rings. The summed E-state index contributed by atoms with van der Waals surface area (Å²) >= 11 is 0. The van der Waals surface area contributed by atoms with E-state index in [1.165, 1.54) is 4.90 Å². The molecule has 0 aliphatic carbocycles. The zero-order valence-corrected chi connectivity index (χ0v) is 10.4. The number of piperazine rings is 1. The van der Waals surface area contributed by atoms with Gasteiger partial charge in [0, 0.05) is 24.7 Å². The van der Waals surface area contributed by atoms with Gasteiger partial charge in [0.15, 0.2) is 0 Å². The van der Waals surface area contributed by atoms with Crippen molar-refractivity contribution in [2.75, 3.05) is 19.6 Å². The van der Waals surface area contributed by atoms with Crippen LogP contribution in [0.25, 0.3) is 0 Å². The average Bonchev–Trinajstić information content (AvgIpc) is 2.15. The minimum atomic E-state index is -3.93. The van der Waals surface area contributed by atoms with Gasteiger partial charge in [-0.2, -0.15) is 8.78 Å². The fraction of sp³-hybridized carbons (Fsp3) is 1.00. The number of alkyl halides is 4. The zero-order chi connectivity index (χ0) is 13.3. The fourth-order valence-corrected chi connectivity index (χ4v) is 2.14. The molecule has 1 atom stereocenters. The SMILES string of the molecule is CCC1CNC(C)(C)CN1CC(F)(F)C(F)F. The van der Waals surface area contributed by atoms with Crippen molar-refractivity contribution in [3.05, 3.63) is 0 Å². The maximum Gasteiger partial charge on any atom is 0.319 e. The van der Waals surface area contributed by atoms with E-state index in [0.29, 0.717) is 19.5 Å². The van der Waals surface area contributed by atoms with Gasteiger partial charge in [-0.25, -0.2) is 8.78 Å². The summed E-state index contributed by atoms with van der Waals surface area (Å²) in [4.78, 5) is 1.47. The van der Waals surface area contributed by atoms with Crippen LogP contribution in [0.15, 0.2) is 0 Å². The van der Waals surface area contributed by atoms with Crippen molar-refractivity contribution in [1.29, 1.82) is 0 Å². The van der Waals surface area contributed by atoms with Crippen molar-refractivity contribution in [3.63, 3.8) is 0 Å². The van der Waals surface area contributed by atoms with E-state index >= 15 is 0 Å². The molecule has 0 aromatic carbocycles. The Bertz CT molecular complexity index is 256. The normalized spacial score (nSPS) is 26.5. The Hall–Kier alpha value is -0.360. The standard InChI is InChI=1S/C11H20F4N2/c1-4-8-5-16-10(2,3)6-17(8)7-11(14,15)9(12)13/h8-9,16H,4-7H2,1-3H3. The molecule has 102 valence electrons. The first-order chi connectivity index (χ1) is 7.68. The van der Waals surface area contributed by atoms with Crippen LogP contribution in [-0.4, -0.2) is 48.5 Å². The van der Waals surface area contributed by atoms with Crippen molar-refractivity contribution >= 4 is 0 Å². The molecule has 0 aromatic rings. The van der Waals surface area contributed by atoms with Gasteiger partial charge in [0.1, 0.15) is 0 Å². The van der Waals surface area contributed by atoms with Crippen LogP contribution in [0, 0.1) is 0 Å². The molecule has 1 aliphatic heterocycles. The summed E-state index contributed by atoms with van der Waals surface area (Å²) in [6.45, 7) is 5.68. The van der Waals surface area contributed by atoms with Gasteiger partial charge < -0.3 is 5.32 Å². The lowest BCUT2D eigenvalue weighted by molar-refractivity contribution is -0.150. The van der Waals surface area contributed by atoms with E-state index < -0.39 is 18.9 Å². The highest BCUT2D eigenvalue weighted by atomic mass is 19.3. The molecule has 0 aromatic heterocycles. The zero-order valence-electron chi connectivity index (χ0n) is 10.4. The lowest BCUT2D eigenvalue weighted by atomic mass is 9.97. The fourth-order valence-electron chi connectivity index (χ4n) is 2.14. The smallest absolute Gasteiger partial charge is 0.309 e. The Kier molecular flexibility index (Phi) is 4.41. The maximum atomic E-state index is 13.1. The number of hydrogen-bond acceptors (Lipinski definition) is 2. The van der Waals surface area contributed by atoms with E-state index in [1.807, 2.05) is 20.8 Å². The Morgan fingerprint density at radius 3 is 2.47 bits per heavy atom. The van der Waals surface area contributed by atoms with Crippen LogP contribution in [0.5, 0.6) is 0 Å². The van der Waals surface area contributed by atoms with Crippen LogP contribution >= 0.6 is 0 Å². The third kappa shape index (κ3) is 3.81. The Labute approximate surface area is 99.4 Å². The van der Waals surface area contributed by atoms with E-state index in [9.17, 15) is 17.6 Å². The molecular formula is C11H20F4N2. The first kappa shape index (κ1) is 14.7. The first-order valence-corrected chi connectivity index (χ1v) is 5.83. The van der Waals surface area contributed by atoms with Crippen molar-refractivity contribution in [2.24, 2.45) is 0 Å². The minimum Gasteiger partial charge on any atom is -0.309 e. The summed E-state index contributed by atoms with van der Waals surface area (Å²) in [5.74, 6) is -3.93. The second-order valence-corrected chi connectivity index (χ2v) is 5.29. The van der Waals surface area contributed by atoms with Crippen LogP contribution < -0.4 is 5.32 Å². The van der Waals surface area contributed by atoms with E-state index in [1.54, 1.807) is 0 Å². The summed E-state index contributed by atoms with van der Waals surface area (Å²) in [6, 6.07) is -0.104. The largest absolute Gasteiger partial charge is 0.319 e. The molecule has 0 spiro atoms. The molecule has 1 saturated heterocycles. The molecule has 0 saturated carbocycles. The van der Waals surface area contributed by atoms with Crippen molar-refractivity contribution in [3.8, 4) is 0 Å². The number of nitrogens with one attached hydrogen (secondary N) is 1. The molecule has 1 unspecified atom stereocenters. The Morgan fingerprint density at radius 1 is 1.41 bits per heavy atom. The second kappa shape index (κ2) is 5.10. The van der Waals surface area contributed by atoms with Crippen LogP contribution in [0.3, 0.4) is 0 Å². The summed E-state index contributed by atoms with van der Waals surface area (Å²) < 4.78 is 50.6. The Balaban J connectivity index is 2.71. The number of nitrogens with zero attached hydrogens (tertiary/aromatic N) is 1. The average molecular weight is 256 g/mol. The van der Waals surface area contributed by atoms with Gasteiger partial charge >= 0.3 is 12.3 Å². The van der Waals surface area contributed by atoms with Crippen molar-refractivity contribution in [2.45, 2.75) is 51.1 Å². The lowest BCUT2D eigenvalue weighted by Gasteiger charge is -2.45. The molecule has 0 amide bonds. The van der Waals surface area contributed by atoms with E-state index in [4.69, 9.17) is 0 Å². The summed E-state index contributed by atoms with van der Waals surface area (Å²) in [6.07, 6.45) is -2.93. The lowest BCUT2D eigenvalue weighted by Crippen LogP contribution is -2.63. The molecule has 6 heteroatoms. The maximum absolute atomic E-state index is 13.1. The van der Waals surface area contributed by atoms with Crippen LogP contribution in [0.4, 0.5) is 17.6 Å². The molecular weight excluding hydrogens is 236 g/mol. The number of rotatable bonds is 4. The molecule has 0 bridgehead atoms. The molecule has 0 radical (unpaired) electrons. The van der Waals surface area contributed by atoms with Crippen LogP contribution in [-0.2, 0) is 0 Å². The highest BCUT2D eigenvalue weighted by molar-refractivity contribution is 4.93. The molecule has 17 heavy (non-hydrogen) atoms. The first-order valence-electron chi connectivity index (χ1n) is 5.83. The van der Waals surface area contributed by atoms with Gasteiger partial charge in [0.25, 0.3) is 0 Å².